The average molecular weight is 558 g/mol. The molecule has 1 aliphatic heterocycles. The van der Waals surface area contributed by atoms with Crippen molar-refractivity contribution in [3.63, 3.8) is 0 Å². The minimum Gasteiger partial charge on any atom is -0.466 e. The first-order chi connectivity index (χ1) is 18.9. The zero-order valence-electron chi connectivity index (χ0n) is 22.0. The van der Waals surface area contributed by atoms with Gasteiger partial charge < -0.3 is 14.8 Å². The van der Waals surface area contributed by atoms with Crippen molar-refractivity contribution in [2.24, 2.45) is 5.92 Å². The molecule has 0 aliphatic carbocycles. The Morgan fingerprint density at radius 2 is 2.05 bits per heavy atom. The van der Waals surface area contributed by atoms with Crippen LogP contribution in [0.25, 0.3) is 11.1 Å². The number of rotatable bonds is 13. The van der Waals surface area contributed by atoms with Crippen LogP contribution in [-0.2, 0) is 20.7 Å². The number of halogens is 2. The first-order valence-corrected chi connectivity index (χ1v) is 13.4. The first-order valence-electron chi connectivity index (χ1n) is 13.0. The lowest BCUT2D eigenvalue weighted by Gasteiger charge is -2.42. The second-order valence-electron chi connectivity index (χ2n) is 9.63. The molecular formula is C28H33ClFN5O4. The van der Waals surface area contributed by atoms with Crippen LogP contribution in [0.3, 0.4) is 0 Å². The highest BCUT2D eigenvalue weighted by molar-refractivity contribution is 6.30. The third kappa shape index (κ3) is 7.62. The molecule has 0 bridgehead atoms. The summed E-state index contributed by atoms with van der Waals surface area (Å²) in [5.74, 6) is -1.50. The minimum absolute atomic E-state index is 0.155. The molecule has 39 heavy (non-hydrogen) atoms. The third-order valence-electron chi connectivity index (χ3n) is 6.93. The van der Waals surface area contributed by atoms with Crippen LogP contribution in [0.1, 0.15) is 35.8 Å². The summed E-state index contributed by atoms with van der Waals surface area (Å²) in [6.45, 7) is 4.04. The maximum atomic E-state index is 14.4. The van der Waals surface area contributed by atoms with E-state index in [9.17, 15) is 14.0 Å². The average Bonchev–Trinajstić information content (AvgIpc) is 3.46. The second kappa shape index (κ2) is 13.6. The number of aromatic nitrogens is 3. The highest BCUT2D eigenvalue weighted by Crippen LogP contribution is 2.27. The van der Waals surface area contributed by atoms with Gasteiger partial charge >= 0.3 is 5.97 Å². The van der Waals surface area contributed by atoms with Gasteiger partial charge in [0.1, 0.15) is 5.82 Å². The molecule has 0 radical (unpaired) electrons. The fourth-order valence-corrected chi connectivity index (χ4v) is 5.01. The number of likely N-dealkylation sites (tertiary alicyclic amines) is 1. The molecule has 0 spiro atoms. The minimum atomic E-state index is -0.452. The Morgan fingerprint density at radius 3 is 2.69 bits per heavy atom. The molecule has 1 aliphatic rings. The number of hydrogen-bond acceptors (Lipinski definition) is 7. The van der Waals surface area contributed by atoms with E-state index in [-0.39, 0.29) is 30.1 Å². The molecule has 1 saturated heterocycles. The second-order valence-corrected chi connectivity index (χ2v) is 10.1. The Morgan fingerprint density at radius 1 is 1.26 bits per heavy atom. The third-order valence-corrected chi connectivity index (χ3v) is 7.16. The van der Waals surface area contributed by atoms with Gasteiger partial charge in [-0.3, -0.25) is 14.5 Å². The Hall–Kier alpha value is -3.34. The van der Waals surface area contributed by atoms with Gasteiger partial charge in [-0.15, -0.1) is 0 Å². The van der Waals surface area contributed by atoms with Crippen molar-refractivity contribution in [2.45, 2.75) is 38.3 Å². The zero-order chi connectivity index (χ0) is 27.8. The van der Waals surface area contributed by atoms with Crippen LogP contribution in [0.5, 0.6) is 0 Å². The topological polar surface area (TPSA) is 109 Å². The van der Waals surface area contributed by atoms with Gasteiger partial charge in [-0.05, 0) is 55.5 Å². The lowest BCUT2D eigenvalue weighted by molar-refractivity contribution is -0.150. The van der Waals surface area contributed by atoms with Gasteiger partial charge in [-0.25, -0.2) is 4.39 Å². The van der Waals surface area contributed by atoms with E-state index in [0.29, 0.717) is 42.1 Å². The van der Waals surface area contributed by atoms with E-state index in [4.69, 9.17) is 21.1 Å². The van der Waals surface area contributed by atoms with Crippen molar-refractivity contribution in [3.8, 4) is 11.1 Å². The van der Waals surface area contributed by atoms with Gasteiger partial charge in [-0.1, -0.05) is 35.9 Å². The van der Waals surface area contributed by atoms with Crippen molar-refractivity contribution >= 4 is 23.5 Å². The summed E-state index contributed by atoms with van der Waals surface area (Å²) in [5, 5.41) is 13.5. The normalized spacial score (nSPS) is 16.8. The molecule has 3 aromatic rings. The summed E-state index contributed by atoms with van der Waals surface area (Å²) in [6.07, 6.45) is 3.16. The number of H-pyrrole nitrogens is 1. The van der Waals surface area contributed by atoms with Gasteiger partial charge in [0.2, 0.25) is 0 Å². The lowest BCUT2D eigenvalue weighted by Crippen LogP contribution is -2.53. The summed E-state index contributed by atoms with van der Waals surface area (Å²) in [7, 11) is 1.67. The van der Waals surface area contributed by atoms with Crippen molar-refractivity contribution in [1.29, 1.82) is 0 Å². The molecule has 208 valence electrons. The molecule has 1 fully saturated rings. The molecule has 4 rings (SSSR count). The fourth-order valence-electron chi connectivity index (χ4n) is 4.83. The lowest BCUT2D eigenvalue weighted by atomic mass is 9.91. The van der Waals surface area contributed by atoms with Gasteiger partial charge in [0.25, 0.3) is 5.91 Å². The first kappa shape index (κ1) is 28.7. The Balaban J connectivity index is 1.53. The van der Waals surface area contributed by atoms with Crippen LogP contribution >= 0.6 is 11.6 Å². The van der Waals surface area contributed by atoms with Gasteiger partial charge in [0.05, 0.1) is 25.3 Å². The maximum Gasteiger partial charge on any atom is 0.310 e. The highest BCUT2D eigenvalue weighted by atomic mass is 35.5. The quantitative estimate of drug-likeness (QED) is 0.307. The molecule has 1 aromatic heterocycles. The van der Waals surface area contributed by atoms with E-state index < -0.39 is 17.9 Å². The van der Waals surface area contributed by atoms with Crippen molar-refractivity contribution in [1.82, 2.24) is 25.6 Å². The summed E-state index contributed by atoms with van der Waals surface area (Å²) in [6, 6.07) is 11.7. The van der Waals surface area contributed by atoms with E-state index >= 15 is 0 Å². The number of methoxy groups -OCH3 is 1. The van der Waals surface area contributed by atoms with Gasteiger partial charge in [0, 0.05) is 42.9 Å². The van der Waals surface area contributed by atoms with Gasteiger partial charge in [-0.2, -0.15) is 15.4 Å². The van der Waals surface area contributed by atoms with E-state index in [1.54, 1.807) is 20.1 Å². The monoisotopic (exact) mass is 557 g/mol. The van der Waals surface area contributed by atoms with Crippen LogP contribution in [0, 0.1) is 11.7 Å². The molecule has 11 heteroatoms. The predicted octanol–water partition coefficient (Wildman–Crippen LogP) is 3.90. The number of ether oxygens (including phenoxy) is 2. The van der Waals surface area contributed by atoms with Gasteiger partial charge in [0.15, 0.2) is 5.69 Å². The van der Waals surface area contributed by atoms with Crippen LogP contribution in [0.15, 0.2) is 48.7 Å². The summed E-state index contributed by atoms with van der Waals surface area (Å²) in [4.78, 5) is 28.1. The van der Waals surface area contributed by atoms with Crippen molar-refractivity contribution in [2.75, 3.05) is 33.4 Å². The van der Waals surface area contributed by atoms with Crippen molar-refractivity contribution < 1.29 is 23.5 Å². The number of aromatic amines is 1. The molecular weight excluding hydrogens is 525 g/mol. The Labute approximate surface area is 232 Å². The number of amides is 1. The molecule has 2 N–H and O–H groups in total. The molecule has 0 unspecified atom stereocenters. The Kier molecular flexibility index (Phi) is 10.0. The smallest absolute Gasteiger partial charge is 0.310 e. The largest absolute Gasteiger partial charge is 0.466 e. The fraction of sp³-hybridized carbons (Fsp3) is 0.429. The van der Waals surface area contributed by atoms with E-state index in [1.807, 2.05) is 24.3 Å². The zero-order valence-corrected chi connectivity index (χ0v) is 22.8. The van der Waals surface area contributed by atoms with E-state index in [2.05, 4.69) is 25.6 Å². The number of nitrogens with zero attached hydrogens (tertiary/aromatic N) is 3. The van der Waals surface area contributed by atoms with Crippen LogP contribution in [0.4, 0.5) is 4.39 Å². The standard InChI is InChI=1S/C28H33ClFN5O4/c1-3-39-28(37)20(16-35-11-10-23(35)17-38-2)13-22(32-27(36)26-15-31-34-33-26)12-18-4-6-19(7-5-18)24-14-21(29)8-9-25(24)30/h4-9,14-15,20,22-23H,3,10-13,16-17H2,1-2H3,(H,32,36)(H,31,33,34)/t20-,22+,23+/m0/s1. The molecule has 2 heterocycles. The van der Waals surface area contributed by atoms with E-state index in [0.717, 1.165) is 18.5 Å². The highest BCUT2D eigenvalue weighted by Gasteiger charge is 2.34. The summed E-state index contributed by atoms with van der Waals surface area (Å²) in [5.41, 5.74) is 2.17. The number of hydrogen-bond donors (Lipinski definition) is 2. The SMILES string of the molecule is CCOC(=O)[C@@H](C[C@@H](Cc1ccc(-c2cc(Cl)ccc2F)cc1)NC(=O)c1cn[nH]n1)CN1CC[C@@H]1COC. The van der Waals surface area contributed by atoms with Crippen LogP contribution in [-0.4, -0.2) is 77.7 Å². The molecule has 3 atom stereocenters. The van der Waals surface area contributed by atoms with Crippen molar-refractivity contribution in [3.05, 3.63) is 70.8 Å². The van der Waals surface area contributed by atoms with E-state index in [1.165, 1.54) is 18.3 Å². The number of nitrogens with one attached hydrogen (secondary N) is 2. The Bertz CT molecular complexity index is 1240. The molecule has 0 saturated carbocycles. The number of benzene rings is 2. The van der Waals surface area contributed by atoms with Crippen LogP contribution in [0.2, 0.25) is 5.02 Å². The van der Waals surface area contributed by atoms with Crippen LogP contribution < -0.4 is 5.32 Å². The number of carbonyl (C=O) groups excluding carboxylic acids is 2. The number of esters is 1. The predicted molar refractivity (Wildman–Crippen MR) is 145 cm³/mol. The number of carbonyl (C=O) groups is 2. The maximum absolute atomic E-state index is 14.4. The molecule has 1 amide bonds. The molecule has 9 nitrogen and oxygen atoms in total. The molecule has 2 aromatic carbocycles. The summed E-state index contributed by atoms with van der Waals surface area (Å²) < 4.78 is 25.1. The summed E-state index contributed by atoms with van der Waals surface area (Å²) >= 11 is 6.06.